The molecule has 0 bridgehead atoms. The van der Waals surface area contributed by atoms with Crippen LogP contribution in [0.25, 0.3) is 0 Å². The maximum Gasteiger partial charge on any atom is 0.327 e. The molecule has 1 heterocycles. The Hall–Kier alpha value is -1.89. The molecule has 1 aromatic carbocycles. The molecule has 0 aliphatic carbocycles. The Morgan fingerprint density at radius 1 is 1.48 bits per heavy atom. The summed E-state index contributed by atoms with van der Waals surface area (Å²) >= 11 is 1.55. The number of hydrogen-bond donors (Lipinski definition) is 1. The first-order valence-electron chi connectivity index (χ1n) is 6.53. The zero-order valence-electron chi connectivity index (χ0n) is 12.0. The molecule has 2 rings (SSSR count). The molecule has 2 amide bonds. The van der Waals surface area contributed by atoms with Crippen LogP contribution in [-0.2, 0) is 4.79 Å². The summed E-state index contributed by atoms with van der Waals surface area (Å²) < 4.78 is 5.14. The van der Waals surface area contributed by atoms with Gasteiger partial charge in [0.05, 0.1) is 7.11 Å². The summed E-state index contributed by atoms with van der Waals surface area (Å²) in [5.41, 5.74) is 0.668. The first-order valence-corrected chi connectivity index (χ1v) is 7.69. The van der Waals surface area contributed by atoms with Crippen LogP contribution in [0.4, 0.5) is 10.5 Å². The van der Waals surface area contributed by atoms with Gasteiger partial charge in [0, 0.05) is 36.9 Å². The average Bonchev–Trinajstić information content (AvgIpc) is 2.53. The summed E-state index contributed by atoms with van der Waals surface area (Å²) in [6.45, 7) is 0.439. The Labute approximate surface area is 127 Å². The number of carbonyl (C=O) groups excluding carboxylic acids is 1. The van der Waals surface area contributed by atoms with E-state index in [2.05, 4.69) is 0 Å². The number of hydrogen-bond acceptors (Lipinski definition) is 4. The number of amides is 2. The van der Waals surface area contributed by atoms with Crippen molar-refractivity contribution in [1.29, 1.82) is 0 Å². The van der Waals surface area contributed by atoms with Gasteiger partial charge in [-0.2, -0.15) is 11.8 Å². The first-order chi connectivity index (χ1) is 10.0. The fourth-order valence-electron chi connectivity index (χ4n) is 2.16. The highest BCUT2D eigenvalue weighted by Crippen LogP contribution is 2.23. The molecule has 6 nitrogen and oxygen atoms in total. The average molecular weight is 310 g/mol. The third-order valence-electron chi connectivity index (χ3n) is 3.39. The van der Waals surface area contributed by atoms with Gasteiger partial charge in [-0.15, -0.1) is 0 Å². The van der Waals surface area contributed by atoms with Gasteiger partial charge in [-0.25, -0.2) is 9.59 Å². The van der Waals surface area contributed by atoms with Gasteiger partial charge in [0.25, 0.3) is 0 Å². The van der Waals surface area contributed by atoms with Gasteiger partial charge in [-0.3, -0.25) is 4.90 Å². The smallest absolute Gasteiger partial charge is 0.327 e. The minimum Gasteiger partial charge on any atom is -0.497 e. The quantitative estimate of drug-likeness (QED) is 0.921. The van der Waals surface area contributed by atoms with E-state index >= 15 is 0 Å². The molecule has 0 spiro atoms. The Kier molecular flexibility index (Phi) is 4.95. The number of benzene rings is 1. The van der Waals surface area contributed by atoms with Gasteiger partial charge in [0.2, 0.25) is 0 Å². The molecule has 21 heavy (non-hydrogen) atoms. The lowest BCUT2D eigenvalue weighted by molar-refractivity contribution is -0.141. The Bertz CT molecular complexity index is 537. The van der Waals surface area contributed by atoms with Crippen LogP contribution in [0.3, 0.4) is 0 Å². The van der Waals surface area contributed by atoms with Crippen LogP contribution in [0.1, 0.15) is 0 Å². The Morgan fingerprint density at radius 2 is 2.24 bits per heavy atom. The highest BCUT2D eigenvalue weighted by atomic mass is 32.2. The van der Waals surface area contributed by atoms with Crippen molar-refractivity contribution in [1.82, 2.24) is 4.90 Å². The van der Waals surface area contributed by atoms with Crippen LogP contribution >= 0.6 is 11.8 Å². The molecule has 1 unspecified atom stereocenters. The highest BCUT2D eigenvalue weighted by Gasteiger charge is 2.34. The minimum atomic E-state index is -0.963. The second-order valence-corrected chi connectivity index (χ2v) is 5.82. The van der Waals surface area contributed by atoms with Crippen LogP contribution in [0.5, 0.6) is 5.75 Å². The number of carbonyl (C=O) groups is 2. The first kappa shape index (κ1) is 15.5. The lowest BCUT2D eigenvalue weighted by Gasteiger charge is -2.35. The fraction of sp³-hybridized carbons (Fsp3) is 0.429. The van der Waals surface area contributed by atoms with Gasteiger partial charge in [0.1, 0.15) is 11.8 Å². The number of methoxy groups -OCH3 is 1. The zero-order valence-corrected chi connectivity index (χ0v) is 12.8. The number of carboxylic acids is 1. The summed E-state index contributed by atoms with van der Waals surface area (Å²) in [6.07, 6.45) is 0. The largest absolute Gasteiger partial charge is 0.497 e. The van der Waals surface area contributed by atoms with Crippen molar-refractivity contribution < 1.29 is 19.4 Å². The molecule has 0 radical (unpaired) electrons. The van der Waals surface area contributed by atoms with E-state index in [1.54, 1.807) is 50.2 Å². The molecule has 1 aliphatic rings. The summed E-state index contributed by atoms with van der Waals surface area (Å²) in [5.74, 6) is 0.861. The van der Waals surface area contributed by atoms with Crippen LogP contribution in [0.2, 0.25) is 0 Å². The molecule has 1 aliphatic heterocycles. The molecule has 1 N–H and O–H groups in total. The van der Waals surface area contributed by atoms with Crippen molar-refractivity contribution >= 4 is 29.4 Å². The maximum absolute atomic E-state index is 12.6. The van der Waals surface area contributed by atoms with Crippen LogP contribution in [0.15, 0.2) is 24.3 Å². The summed E-state index contributed by atoms with van der Waals surface area (Å²) in [7, 11) is 3.20. The molecule has 7 heteroatoms. The minimum absolute atomic E-state index is 0.309. The second kappa shape index (κ2) is 6.71. The number of rotatable bonds is 3. The molecular weight excluding hydrogens is 292 g/mol. The normalized spacial score (nSPS) is 18.2. The van der Waals surface area contributed by atoms with E-state index in [-0.39, 0.29) is 6.03 Å². The van der Waals surface area contributed by atoms with E-state index in [1.165, 1.54) is 9.80 Å². The Balaban J connectivity index is 2.18. The molecule has 1 saturated heterocycles. The van der Waals surface area contributed by atoms with Gasteiger partial charge in [-0.1, -0.05) is 6.07 Å². The lowest BCUT2D eigenvalue weighted by atomic mass is 10.2. The van der Waals surface area contributed by atoms with Gasteiger partial charge in [0.15, 0.2) is 0 Å². The summed E-state index contributed by atoms with van der Waals surface area (Å²) in [4.78, 5) is 26.7. The molecule has 1 fully saturated rings. The summed E-state index contributed by atoms with van der Waals surface area (Å²) in [5, 5.41) is 9.25. The fourth-order valence-corrected chi connectivity index (χ4v) is 3.20. The molecule has 1 aromatic rings. The molecule has 0 saturated carbocycles. The number of carboxylic acid groups (broad SMARTS) is 1. The topological polar surface area (TPSA) is 70.1 Å². The maximum atomic E-state index is 12.6. The lowest BCUT2D eigenvalue weighted by Crippen LogP contribution is -2.54. The number of thioether (sulfide) groups is 1. The van der Waals surface area contributed by atoms with E-state index < -0.39 is 12.0 Å². The van der Waals surface area contributed by atoms with Crippen LogP contribution in [0, 0.1) is 0 Å². The number of aliphatic carboxylic acids is 1. The number of urea groups is 1. The van der Waals surface area contributed by atoms with Crippen molar-refractivity contribution in [2.75, 3.05) is 37.1 Å². The highest BCUT2D eigenvalue weighted by molar-refractivity contribution is 7.99. The van der Waals surface area contributed by atoms with Crippen molar-refractivity contribution in [3.05, 3.63) is 24.3 Å². The third kappa shape index (κ3) is 3.41. The second-order valence-electron chi connectivity index (χ2n) is 4.67. The predicted octanol–water partition coefficient (Wildman–Crippen LogP) is 1.75. The molecular formula is C14H18N2O4S. The van der Waals surface area contributed by atoms with Crippen LogP contribution in [-0.4, -0.2) is 60.3 Å². The predicted molar refractivity (Wildman–Crippen MR) is 82.2 cm³/mol. The van der Waals surface area contributed by atoms with E-state index in [9.17, 15) is 14.7 Å². The van der Waals surface area contributed by atoms with E-state index in [0.717, 1.165) is 5.75 Å². The van der Waals surface area contributed by atoms with Crippen molar-refractivity contribution in [3.8, 4) is 5.75 Å². The number of anilines is 1. The van der Waals surface area contributed by atoms with Crippen molar-refractivity contribution in [2.45, 2.75) is 6.04 Å². The zero-order chi connectivity index (χ0) is 15.4. The van der Waals surface area contributed by atoms with Crippen LogP contribution < -0.4 is 9.64 Å². The standard InChI is InChI=1S/C14H18N2O4S/c1-15(10-4-3-5-11(8-10)20-2)14(19)16-6-7-21-9-12(16)13(17)18/h3-5,8,12H,6-7,9H2,1-2H3,(H,17,18). The SMILES string of the molecule is COc1cccc(N(C)C(=O)N2CCSCC2C(=O)O)c1. The molecule has 114 valence electrons. The number of nitrogens with zero attached hydrogens (tertiary/aromatic N) is 2. The number of ether oxygens (including phenoxy) is 1. The molecule has 0 aromatic heterocycles. The van der Waals surface area contributed by atoms with Gasteiger partial charge >= 0.3 is 12.0 Å². The Morgan fingerprint density at radius 3 is 2.90 bits per heavy atom. The van der Waals surface area contributed by atoms with E-state index in [4.69, 9.17) is 4.74 Å². The van der Waals surface area contributed by atoms with Crippen molar-refractivity contribution in [3.63, 3.8) is 0 Å². The van der Waals surface area contributed by atoms with Gasteiger partial charge in [-0.05, 0) is 12.1 Å². The van der Waals surface area contributed by atoms with Crippen molar-refractivity contribution in [2.24, 2.45) is 0 Å². The summed E-state index contributed by atoms with van der Waals surface area (Å²) in [6, 6.07) is 6.03. The monoisotopic (exact) mass is 310 g/mol. The van der Waals surface area contributed by atoms with E-state index in [0.29, 0.717) is 23.7 Å². The molecule has 1 atom stereocenters. The van der Waals surface area contributed by atoms with Gasteiger partial charge < -0.3 is 14.7 Å². The third-order valence-corrected chi connectivity index (χ3v) is 4.41. The van der Waals surface area contributed by atoms with E-state index in [1.807, 2.05) is 0 Å².